The van der Waals surface area contributed by atoms with Crippen LogP contribution in [0.2, 0.25) is 0 Å². The Labute approximate surface area is 109 Å². The van der Waals surface area contributed by atoms with Gasteiger partial charge in [0.05, 0.1) is 0 Å². The molecule has 3 nitrogen and oxygen atoms in total. The summed E-state index contributed by atoms with van der Waals surface area (Å²) in [5.41, 5.74) is 1.16. The van der Waals surface area contributed by atoms with Crippen molar-refractivity contribution in [2.24, 2.45) is 5.92 Å². The van der Waals surface area contributed by atoms with Crippen LogP contribution in [-0.2, 0) is 6.54 Å². The highest BCUT2D eigenvalue weighted by atomic mass is 32.2. The number of hydrogen-bond acceptors (Lipinski definition) is 4. The minimum atomic E-state index is 0.731. The molecule has 1 aromatic heterocycles. The average Bonchev–Trinajstić information content (AvgIpc) is 2.37. The van der Waals surface area contributed by atoms with E-state index in [1.807, 2.05) is 12.4 Å². The normalized spacial score (nSPS) is 12.6. The Morgan fingerprint density at radius 2 is 2.00 bits per heavy atom. The van der Waals surface area contributed by atoms with Crippen molar-refractivity contribution >= 4 is 11.8 Å². The maximum absolute atomic E-state index is 4.38. The fourth-order valence-corrected chi connectivity index (χ4v) is 2.18. The van der Waals surface area contributed by atoms with E-state index in [2.05, 4.69) is 36.1 Å². The molecule has 0 aromatic carbocycles. The minimum absolute atomic E-state index is 0.731. The van der Waals surface area contributed by atoms with Crippen molar-refractivity contribution in [1.29, 1.82) is 0 Å². The molecule has 1 unspecified atom stereocenters. The molecule has 1 heterocycles. The highest BCUT2D eigenvalue weighted by molar-refractivity contribution is 7.99. The van der Waals surface area contributed by atoms with Crippen LogP contribution in [0.3, 0.4) is 0 Å². The zero-order valence-corrected chi connectivity index (χ0v) is 11.9. The van der Waals surface area contributed by atoms with Gasteiger partial charge in [-0.25, -0.2) is 9.97 Å². The second-order valence-corrected chi connectivity index (χ2v) is 5.36. The Kier molecular flexibility index (Phi) is 7.21. The number of rotatable bonds is 8. The predicted octanol–water partition coefficient (Wildman–Crippen LogP) is 3.11. The molecule has 96 valence electrons. The molecule has 0 aliphatic heterocycles. The third kappa shape index (κ3) is 6.03. The molecule has 4 heteroatoms. The zero-order chi connectivity index (χ0) is 12.5. The molecule has 0 saturated heterocycles. The van der Waals surface area contributed by atoms with Crippen LogP contribution in [0.1, 0.15) is 39.2 Å². The van der Waals surface area contributed by atoms with Gasteiger partial charge in [0.1, 0.15) is 0 Å². The summed E-state index contributed by atoms with van der Waals surface area (Å²) in [6.07, 6.45) is 6.22. The maximum atomic E-state index is 4.38. The monoisotopic (exact) mass is 253 g/mol. The van der Waals surface area contributed by atoms with E-state index in [1.165, 1.54) is 6.42 Å². The van der Waals surface area contributed by atoms with Crippen LogP contribution in [0.15, 0.2) is 17.6 Å². The SMILES string of the molecule is CCCNCc1cnc(SCC(C)CC)nc1. The molecule has 0 aliphatic carbocycles. The largest absolute Gasteiger partial charge is 0.313 e. The van der Waals surface area contributed by atoms with E-state index in [-0.39, 0.29) is 0 Å². The summed E-state index contributed by atoms with van der Waals surface area (Å²) in [5.74, 6) is 1.83. The van der Waals surface area contributed by atoms with Crippen molar-refractivity contribution < 1.29 is 0 Å². The van der Waals surface area contributed by atoms with Gasteiger partial charge >= 0.3 is 0 Å². The first-order valence-corrected chi connectivity index (χ1v) is 7.39. The van der Waals surface area contributed by atoms with Crippen LogP contribution in [0, 0.1) is 5.92 Å². The Morgan fingerprint density at radius 1 is 1.29 bits per heavy atom. The van der Waals surface area contributed by atoms with Gasteiger partial charge in [0.2, 0.25) is 0 Å². The van der Waals surface area contributed by atoms with Crippen molar-refractivity contribution in [1.82, 2.24) is 15.3 Å². The van der Waals surface area contributed by atoms with Gasteiger partial charge in [-0.15, -0.1) is 0 Å². The van der Waals surface area contributed by atoms with Crippen molar-refractivity contribution in [2.45, 2.75) is 45.3 Å². The number of thioether (sulfide) groups is 1. The molecular formula is C13H23N3S. The highest BCUT2D eigenvalue weighted by Crippen LogP contribution is 2.17. The summed E-state index contributed by atoms with van der Waals surface area (Å²) in [5, 5.41) is 4.24. The van der Waals surface area contributed by atoms with Crippen LogP contribution in [0.5, 0.6) is 0 Å². The molecule has 1 N–H and O–H groups in total. The summed E-state index contributed by atoms with van der Waals surface area (Å²) in [7, 11) is 0. The molecule has 0 aliphatic rings. The van der Waals surface area contributed by atoms with Gasteiger partial charge in [-0.05, 0) is 18.9 Å². The molecule has 0 radical (unpaired) electrons. The smallest absolute Gasteiger partial charge is 0.187 e. The Balaban J connectivity index is 2.34. The fraction of sp³-hybridized carbons (Fsp3) is 0.692. The molecule has 1 atom stereocenters. The number of hydrogen-bond donors (Lipinski definition) is 1. The van der Waals surface area contributed by atoms with Crippen molar-refractivity contribution in [3.63, 3.8) is 0 Å². The first kappa shape index (κ1) is 14.5. The Morgan fingerprint density at radius 3 is 2.59 bits per heavy atom. The van der Waals surface area contributed by atoms with E-state index in [0.29, 0.717) is 0 Å². The van der Waals surface area contributed by atoms with E-state index < -0.39 is 0 Å². The van der Waals surface area contributed by atoms with Gasteiger partial charge in [-0.3, -0.25) is 0 Å². The lowest BCUT2D eigenvalue weighted by Gasteiger charge is -2.07. The number of nitrogens with one attached hydrogen (secondary N) is 1. The summed E-state index contributed by atoms with van der Waals surface area (Å²) in [6.45, 7) is 8.55. The fourth-order valence-electron chi connectivity index (χ4n) is 1.25. The second-order valence-electron chi connectivity index (χ2n) is 4.38. The lowest BCUT2D eigenvalue weighted by atomic mass is 10.2. The molecule has 0 fully saturated rings. The van der Waals surface area contributed by atoms with Crippen molar-refractivity contribution in [3.8, 4) is 0 Å². The second kappa shape index (κ2) is 8.48. The number of aromatic nitrogens is 2. The summed E-state index contributed by atoms with van der Waals surface area (Å²) < 4.78 is 0. The first-order chi connectivity index (χ1) is 8.26. The lowest BCUT2D eigenvalue weighted by Crippen LogP contribution is -2.14. The van der Waals surface area contributed by atoms with Crippen LogP contribution in [-0.4, -0.2) is 22.3 Å². The zero-order valence-electron chi connectivity index (χ0n) is 11.1. The van der Waals surface area contributed by atoms with Gasteiger partial charge < -0.3 is 5.32 Å². The molecule has 1 aromatic rings. The Hall–Kier alpha value is -0.610. The summed E-state index contributed by atoms with van der Waals surface area (Å²) in [6, 6.07) is 0. The van der Waals surface area contributed by atoms with Crippen LogP contribution >= 0.6 is 11.8 Å². The standard InChI is InChI=1S/C13H23N3S/c1-4-6-14-7-12-8-15-13(16-9-12)17-10-11(3)5-2/h8-9,11,14H,4-7,10H2,1-3H3. The maximum Gasteiger partial charge on any atom is 0.187 e. The predicted molar refractivity (Wildman–Crippen MR) is 74.2 cm³/mol. The van der Waals surface area contributed by atoms with E-state index in [1.54, 1.807) is 11.8 Å². The van der Waals surface area contributed by atoms with Crippen molar-refractivity contribution in [3.05, 3.63) is 18.0 Å². The third-order valence-corrected chi connectivity index (χ3v) is 3.84. The molecular weight excluding hydrogens is 230 g/mol. The molecule has 0 amide bonds. The van der Waals surface area contributed by atoms with Gasteiger partial charge in [0.25, 0.3) is 0 Å². The van der Waals surface area contributed by atoms with Gasteiger partial charge in [-0.2, -0.15) is 0 Å². The van der Waals surface area contributed by atoms with Crippen LogP contribution in [0.4, 0.5) is 0 Å². The summed E-state index contributed by atoms with van der Waals surface area (Å²) >= 11 is 1.75. The summed E-state index contributed by atoms with van der Waals surface area (Å²) in [4.78, 5) is 8.75. The molecule has 1 rings (SSSR count). The molecule has 0 spiro atoms. The van der Waals surface area contributed by atoms with Crippen molar-refractivity contribution in [2.75, 3.05) is 12.3 Å². The lowest BCUT2D eigenvalue weighted by molar-refractivity contribution is 0.635. The number of nitrogens with zero attached hydrogens (tertiary/aromatic N) is 2. The third-order valence-electron chi connectivity index (χ3n) is 2.63. The highest BCUT2D eigenvalue weighted by Gasteiger charge is 2.02. The van der Waals surface area contributed by atoms with Crippen LogP contribution < -0.4 is 5.32 Å². The van der Waals surface area contributed by atoms with Crippen LogP contribution in [0.25, 0.3) is 0 Å². The average molecular weight is 253 g/mol. The quantitative estimate of drug-likeness (QED) is 0.439. The molecule has 17 heavy (non-hydrogen) atoms. The van der Waals surface area contributed by atoms with E-state index in [4.69, 9.17) is 0 Å². The van der Waals surface area contributed by atoms with E-state index >= 15 is 0 Å². The topological polar surface area (TPSA) is 37.8 Å². The molecule has 0 saturated carbocycles. The van der Waals surface area contributed by atoms with Gasteiger partial charge in [0.15, 0.2) is 5.16 Å². The van der Waals surface area contributed by atoms with E-state index in [9.17, 15) is 0 Å². The van der Waals surface area contributed by atoms with E-state index in [0.717, 1.165) is 41.9 Å². The Bertz CT molecular complexity index is 300. The van der Waals surface area contributed by atoms with Gasteiger partial charge in [0, 0.05) is 30.3 Å². The first-order valence-electron chi connectivity index (χ1n) is 6.40. The molecule has 0 bridgehead atoms. The minimum Gasteiger partial charge on any atom is -0.313 e. The van der Waals surface area contributed by atoms with Gasteiger partial charge in [-0.1, -0.05) is 39.0 Å².